The van der Waals surface area contributed by atoms with Crippen LogP contribution in [0.3, 0.4) is 0 Å². The van der Waals surface area contributed by atoms with Crippen molar-refractivity contribution in [1.82, 2.24) is 0 Å². The van der Waals surface area contributed by atoms with E-state index in [1.807, 2.05) is 6.07 Å². The lowest BCUT2D eigenvalue weighted by molar-refractivity contribution is -0.120. The van der Waals surface area contributed by atoms with Gasteiger partial charge in [-0.2, -0.15) is 0 Å². The van der Waals surface area contributed by atoms with E-state index in [4.69, 9.17) is 9.47 Å². The molecular weight excluding hydrogens is 240 g/mol. The van der Waals surface area contributed by atoms with Gasteiger partial charge in [-0.15, -0.1) is 0 Å². The molecular formula is C16H22O3. The van der Waals surface area contributed by atoms with Gasteiger partial charge in [-0.3, -0.25) is 4.79 Å². The molecule has 0 spiro atoms. The number of ether oxygens (including phenoxy) is 2. The lowest BCUT2D eigenvalue weighted by Crippen LogP contribution is -2.06. The van der Waals surface area contributed by atoms with E-state index in [-0.39, 0.29) is 5.78 Å². The van der Waals surface area contributed by atoms with Crippen LogP contribution in [0.25, 0.3) is 0 Å². The molecule has 0 aromatic heterocycles. The maximum atomic E-state index is 11.7. The summed E-state index contributed by atoms with van der Waals surface area (Å²) >= 11 is 0. The van der Waals surface area contributed by atoms with Gasteiger partial charge in [0.1, 0.15) is 11.5 Å². The third-order valence-corrected chi connectivity index (χ3v) is 3.32. The summed E-state index contributed by atoms with van der Waals surface area (Å²) < 4.78 is 10.8. The number of hydrogen-bond donors (Lipinski definition) is 0. The average Bonchev–Trinajstić information content (AvgIpc) is 2.89. The summed E-state index contributed by atoms with van der Waals surface area (Å²) in [5.41, 5.74) is 2.50. The lowest BCUT2D eigenvalue weighted by atomic mass is 10.0. The summed E-state index contributed by atoms with van der Waals surface area (Å²) in [6.45, 7) is 4.16. The standard InChI is InChI=1S/C16H22O3/c1-2-9-18-10-8-15(17)5-3-13-4-6-16-14(12-13)7-11-19-16/h4,6,12H,2-3,5,7-11H2,1H3. The van der Waals surface area contributed by atoms with Crippen molar-refractivity contribution >= 4 is 5.78 Å². The molecule has 0 unspecified atom stereocenters. The lowest BCUT2D eigenvalue weighted by Gasteiger charge is -2.05. The van der Waals surface area contributed by atoms with E-state index in [1.54, 1.807) is 0 Å². The van der Waals surface area contributed by atoms with Gasteiger partial charge < -0.3 is 9.47 Å². The molecule has 1 aliphatic rings. The third-order valence-electron chi connectivity index (χ3n) is 3.32. The SMILES string of the molecule is CCCOCCC(=O)CCc1ccc2c(c1)CCO2. The Labute approximate surface area is 114 Å². The van der Waals surface area contributed by atoms with Crippen LogP contribution in [0, 0.1) is 0 Å². The summed E-state index contributed by atoms with van der Waals surface area (Å²) in [4.78, 5) is 11.7. The highest BCUT2D eigenvalue weighted by Crippen LogP contribution is 2.26. The number of Topliss-reactive ketones (excluding diaryl/α,β-unsaturated/α-hetero) is 1. The van der Waals surface area contributed by atoms with Crippen LogP contribution < -0.4 is 4.74 Å². The van der Waals surface area contributed by atoms with Gasteiger partial charge in [0.2, 0.25) is 0 Å². The van der Waals surface area contributed by atoms with E-state index >= 15 is 0 Å². The van der Waals surface area contributed by atoms with Gasteiger partial charge >= 0.3 is 0 Å². The summed E-state index contributed by atoms with van der Waals surface area (Å²) in [5.74, 6) is 1.29. The van der Waals surface area contributed by atoms with Crippen molar-refractivity contribution in [1.29, 1.82) is 0 Å². The van der Waals surface area contributed by atoms with Gasteiger partial charge in [0.05, 0.1) is 13.2 Å². The minimum absolute atomic E-state index is 0.285. The Kier molecular flexibility index (Phi) is 5.40. The van der Waals surface area contributed by atoms with E-state index in [0.29, 0.717) is 19.4 Å². The minimum atomic E-state index is 0.285. The molecule has 0 bridgehead atoms. The van der Waals surface area contributed by atoms with Crippen LogP contribution in [0.2, 0.25) is 0 Å². The Hall–Kier alpha value is -1.35. The van der Waals surface area contributed by atoms with Crippen molar-refractivity contribution < 1.29 is 14.3 Å². The van der Waals surface area contributed by atoms with Crippen LogP contribution >= 0.6 is 0 Å². The molecule has 104 valence electrons. The molecule has 3 nitrogen and oxygen atoms in total. The Morgan fingerprint density at radius 1 is 1.32 bits per heavy atom. The van der Waals surface area contributed by atoms with Crippen LogP contribution in [0.5, 0.6) is 5.75 Å². The first kappa shape index (κ1) is 14.1. The molecule has 1 aromatic carbocycles. The zero-order valence-corrected chi connectivity index (χ0v) is 11.6. The van der Waals surface area contributed by atoms with Crippen LogP contribution in [0.4, 0.5) is 0 Å². The van der Waals surface area contributed by atoms with E-state index in [0.717, 1.165) is 38.2 Å². The summed E-state index contributed by atoms with van der Waals surface area (Å²) in [6, 6.07) is 6.25. The zero-order valence-electron chi connectivity index (χ0n) is 11.6. The average molecular weight is 262 g/mol. The van der Waals surface area contributed by atoms with Gasteiger partial charge in [0.25, 0.3) is 0 Å². The van der Waals surface area contributed by atoms with Crippen molar-refractivity contribution in [3.63, 3.8) is 0 Å². The highest BCUT2D eigenvalue weighted by atomic mass is 16.5. The minimum Gasteiger partial charge on any atom is -0.493 e. The molecule has 0 saturated carbocycles. The second kappa shape index (κ2) is 7.29. The Morgan fingerprint density at radius 3 is 3.05 bits per heavy atom. The van der Waals surface area contributed by atoms with Gasteiger partial charge in [-0.25, -0.2) is 0 Å². The van der Waals surface area contributed by atoms with Crippen molar-refractivity contribution in [3.8, 4) is 5.75 Å². The van der Waals surface area contributed by atoms with Crippen molar-refractivity contribution in [2.24, 2.45) is 0 Å². The maximum absolute atomic E-state index is 11.7. The number of hydrogen-bond acceptors (Lipinski definition) is 3. The molecule has 0 amide bonds. The molecule has 0 fully saturated rings. The smallest absolute Gasteiger partial charge is 0.135 e. The molecule has 1 heterocycles. The zero-order chi connectivity index (χ0) is 13.5. The van der Waals surface area contributed by atoms with E-state index < -0.39 is 0 Å². The molecule has 1 aliphatic heterocycles. The predicted octanol–water partition coefficient (Wildman–Crippen LogP) is 2.94. The molecule has 2 rings (SSSR count). The Balaban J connectivity index is 1.71. The monoisotopic (exact) mass is 262 g/mol. The van der Waals surface area contributed by atoms with Crippen molar-refractivity contribution in [2.45, 2.75) is 39.0 Å². The van der Waals surface area contributed by atoms with Crippen LogP contribution in [-0.2, 0) is 22.4 Å². The molecule has 0 atom stereocenters. The third kappa shape index (κ3) is 4.35. The fraction of sp³-hybridized carbons (Fsp3) is 0.562. The van der Waals surface area contributed by atoms with Gasteiger partial charge in [-0.05, 0) is 30.0 Å². The molecule has 0 radical (unpaired) electrons. The first-order valence-electron chi connectivity index (χ1n) is 7.13. The summed E-state index contributed by atoms with van der Waals surface area (Å²) in [5, 5.41) is 0. The molecule has 19 heavy (non-hydrogen) atoms. The molecule has 0 aliphatic carbocycles. The molecule has 0 saturated heterocycles. The predicted molar refractivity (Wildman–Crippen MR) is 74.7 cm³/mol. The van der Waals surface area contributed by atoms with E-state index in [2.05, 4.69) is 19.1 Å². The second-order valence-electron chi connectivity index (χ2n) is 4.94. The quantitative estimate of drug-likeness (QED) is 0.676. The highest BCUT2D eigenvalue weighted by molar-refractivity contribution is 5.78. The van der Waals surface area contributed by atoms with Crippen molar-refractivity contribution in [3.05, 3.63) is 29.3 Å². The number of carbonyl (C=O) groups is 1. The molecule has 0 N–H and O–H groups in total. The highest BCUT2D eigenvalue weighted by Gasteiger charge is 2.12. The normalized spacial score (nSPS) is 13.1. The second-order valence-corrected chi connectivity index (χ2v) is 4.94. The number of rotatable bonds is 8. The fourth-order valence-electron chi connectivity index (χ4n) is 2.24. The molecule has 1 aromatic rings. The van der Waals surface area contributed by atoms with Crippen LogP contribution in [-0.4, -0.2) is 25.6 Å². The number of carbonyl (C=O) groups excluding carboxylic acids is 1. The number of ketones is 1. The Morgan fingerprint density at radius 2 is 2.21 bits per heavy atom. The Bertz CT molecular complexity index is 426. The largest absolute Gasteiger partial charge is 0.493 e. The number of fused-ring (bicyclic) bond motifs is 1. The first-order valence-corrected chi connectivity index (χ1v) is 7.13. The maximum Gasteiger partial charge on any atom is 0.135 e. The summed E-state index contributed by atoms with van der Waals surface area (Å²) in [6.07, 6.45) is 3.95. The molecule has 3 heteroatoms. The first-order chi connectivity index (χ1) is 9.29. The van der Waals surface area contributed by atoms with E-state index in [9.17, 15) is 4.79 Å². The van der Waals surface area contributed by atoms with Crippen LogP contribution in [0.1, 0.15) is 37.3 Å². The summed E-state index contributed by atoms with van der Waals surface area (Å²) in [7, 11) is 0. The number of benzene rings is 1. The topological polar surface area (TPSA) is 35.5 Å². The van der Waals surface area contributed by atoms with Crippen LogP contribution in [0.15, 0.2) is 18.2 Å². The van der Waals surface area contributed by atoms with Gasteiger partial charge in [0.15, 0.2) is 0 Å². The fourth-order valence-corrected chi connectivity index (χ4v) is 2.24. The van der Waals surface area contributed by atoms with Gasteiger partial charge in [0, 0.05) is 25.9 Å². The van der Waals surface area contributed by atoms with Gasteiger partial charge in [-0.1, -0.05) is 19.1 Å². The number of aryl methyl sites for hydroxylation is 1. The van der Waals surface area contributed by atoms with E-state index in [1.165, 1.54) is 11.1 Å². The van der Waals surface area contributed by atoms with Crippen molar-refractivity contribution in [2.75, 3.05) is 19.8 Å².